The van der Waals surface area contributed by atoms with Crippen molar-refractivity contribution in [3.05, 3.63) is 28.2 Å². The number of anilines is 1. The van der Waals surface area contributed by atoms with E-state index in [0.717, 1.165) is 23.9 Å². The van der Waals surface area contributed by atoms with Crippen LogP contribution in [0.1, 0.15) is 30.1 Å². The first-order valence-electron chi connectivity index (χ1n) is 5.50. The van der Waals surface area contributed by atoms with Crippen LogP contribution < -0.4 is 5.32 Å². The summed E-state index contributed by atoms with van der Waals surface area (Å²) in [4.78, 5) is 4.49. The lowest BCUT2D eigenvalue weighted by Gasteiger charge is -1.99. The van der Waals surface area contributed by atoms with Crippen LogP contribution in [0.2, 0.25) is 0 Å². The van der Waals surface area contributed by atoms with Gasteiger partial charge in [-0.2, -0.15) is 15.7 Å². The van der Waals surface area contributed by atoms with E-state index in [2.05, 4.69) is 31.5 Å². The second-order valence-corrected chi connectivity index (χ2v) is 5.57. The van der Waals surface area contributed by atoms with Gasteiger partial charge in [0.2, 0.25) is 5.13 Å². The molecule has 2 aromatic heterocycles. The maximum absolute atomic E-state index is 4.49. The summed E-state index contributed by atoms with van der Waals surface area (Å²) in [7, 11) is 0. The number of nitrogens with zero attached hydrogens (tertiary/aromatic N) is 2. The molecule has 1 fully saturated rings. The molecule has 1 saturated carbocycles. The zero-order valence-electron chi connectivity index (χ0n) is 8.85. The molecule has 3 rings (SSSR count). The highest BCUT2D eigenvalue weighted by Crippen LogP contribution is 2.39. The third-order valence-electron chi connectivity index (χ3n) is 2.65. The van der Waals surface area contributed by atoms with Gasteiger partial charge in [0.15, 0.2) is 0 Å². The van der Waals surface area contributed by atoms with Crippen LogP contribution in [0.15, 0.2) is 16.8 Å². The zero-order chi connectivity index (χ0) is 10.8. The van der Waals surface area contributed by atoms with Crippen molar-refractivity contribution >= 4 is 28.0 Å². The van der Waals surface area contributed by atoms with Crippen LogP contribution in [-0.4, -0.2) is 15.9 Å². The average molecular weight is 251 g/mol. The van der Waals surface area contributed by atoms with Crippen molar-refractivity contribution in [2.24, 2.45) is 0 Å². The van der Waals surface area contributed by atoms with Gasteiger partial charge in [-0.3, -0.25) is 0 Å². The first kappa shape index (κ1) is 10.2. The summed E-state index contributed by atoms with van der Waals surface area (Å²) in [6, 6.07) is 2.17. The molecule has 1 aliphatic rings. The van der Waals surface area contributed by atoms with E-state index >= 15 is 0 Å². The van der Waals surface area contributed by atoms with Crippen molar-refractivity contribution in [1.82, 2.24) is 9.36 Å². The fourth-order valence-electron chi connectivity index (χ4n) is 1.56. The Kier molecular flexibility index (Phi) is 2.88. The van der Waals surface area contributed by atoms with Crippen LogP contribution in [0, 0.1) is 0 Å². The molecule has 5 heteroatoms. The lowest BCUT2D eigenvalue weighted by molar-refractivity contribution is 0.970. The van der Waals surface area contributed by atoms with Crippen molar-refractivity contribution < 1.29 is 0 Å². The third-order valence-corrected chi connectivity index (χ3v) is 4.07. The van der Waals surface area contributed by atoms with E-state index in [0.29, 0.717) is 5.92 Å². The SMILES string of the molecule is c1cc(CCNc2nc(C3CC3)ns2)cs1. The van der Waals surface area contributed by atoms with Crippen LogP contribution in [-0.2, 0) is 6.42 Å². The molecular formula is C11H13N3S2. The lowest BCUT2D eigenvalue weighted by atomic mass is 10.2. The number of aromatic nitrogens is 2. The van der Waals surface area contributed by atoms with Gasteiger partial charge in [0.1, 0.15) is 5.82 Å². The second-order valence-electron chi connectivity index (χ2n) is 4.04. The maximum atomic E-state index is 4.49. The Morgan fingerprint density at radius 3 is 3.12 bits per heavy atom. The minimum Gasteiger partial charge on any atom is -0.360 e. The van der Waals surface area contributed by atoms with E-state index in [4.69, 9.17) is 0 Å². The van der Waals surface area contributed by atoms with E-state index in [-0.39, 0.29) is 0 Å². The molecule has 84 valence electrons. The molecule has 2 heterocycles. The highest BCUT2D eigenvalue weighted by molar-refractivity contribution is 7.09. The highest BCUT2D eigenvalue weighted by atomic mass is 32.1. The van der Waals surface area contributed by atoms with Crippen LogP contribution in [0.25, 0.3) is 0 Å². The summed E-state index contributed by atoms with van der Waals surface area (Å²) in [5.41, 5.74) is 1.39. The van der Waals surface area contributed by atoms with Crippen molar-refractivity contribution in [2.45, 2.75) is 25.2 Å². The fraction of sp³-hybridized carbons (Fsp3) is 0.455. The standard InChI is InChI=1S/C11H13N3S2/c1-2-9(1)10-13-11(16-14-10)12-5-3-8-4-6-15-7-8/h4,6-7,9H,1-3,5H2,(H,12,13,14). The molecule has 0 aliphatic heterocycles. The molecule has 0 saturated heterocycles. The monoisotopic (exact) mass is 251 g/mol. The van der Waals surface area contributed by atoms with E-state index in [1.807, 2.05) is 0 Å². The molecule has 1 N–H and O–H groups in total. The van der Waals surface area contributed by atoms with Gasteiger partial charge in [-0.05, 0) is 41.7 Å². The first-order valence-corrected chi connectivity index (χ1v) is 7.22. The van der Waals surface area contributed by atoms with Crippen LogP contribution in [0.4, 0.5) is 5.13 Å². The third kappa shape index (κ3) is 2.41. The van der Waals surface area contributed by atoms with Gasteiger partial charge in [-0.1, -0.05) is 0 Å². The van der Waals surface area contributed by atoms with E-state index in [1.54, 1.807) is 11.3 Å². The lowest BCUT2D eigenvalue weighted by Crippen LogP contribution is -2.03. The highest BCUT2D eigenvalue weighted by Gasteiger charge is 2.27. The smallest absolute Gasteiger partial charge is 0.202 e. The van der Waals surface area contributed by atoms with Gasteiger partial charge in [0.25, 0.3) is 0 Å². The molecule has 0 unspecified atom stereocenters. The number of hydrogen-bond donors (Lipinski definition) is 1. The Balaban J connectivity index is 1.50. The molecule has 3 nitrogen and oxygen atoms in total. The second kappa shape index (κ2) is 4.51. The Labute approximate surface area is 103 Å². The van der Waals surface area contributed by atoms with Crippen molar-refractivity contribution in [3.63, 3.8) is 0 Å². The minimum atomic E-state index is 0.656. The number of thiophene rings is 1. The summed E-state index contributed by atoms with van der Waals surface area (Å²) in [6.45, 7) is 0.941. The molecule has 0 radical (unpaired) electrons. The molecule has 16 heavy (non-hydrogen) atoms. The van der Waals surface area contributed by atoms with Crippen molar-refractivity contribution in [3.8, 4) is 0 Å². The van der Waals surface area contributed by atoms with Gasteiger partial charge >= 0.3 is 0 Å². The van der Waals surface area contributed by atoms with Crippen LogP contribution >= 0.6 is 22.9 Å². The quantitative estimate of drug-likeness (QED) is 0.887. The van der Waals surface area contributed by atoms with E-state index < -0.39 is 0 Å². The van der Waals surface area contributed by atoms with Gasteiger partial charge in [0, 0.05) is 24.0 Å². The Hall–Kier alpha value is -0.940. The predicted octanol–water partition coefficient (Wildman–Crippen LogP) is 3.13. The predicted molar refractivity (Wildman–Crippen MR) is 68.4 cm³/mol. The molecule has 1 aliphatic carbocycles. The Morgan fingerprint density at radius 2 is 2.38 bits per heavy atom. The summed E-state index contributed by atoms with van der Waals surface area (Å²) in [5, 5.41) is 8.61. The molecular weight excluding hydrogens is 238 g/mol. The molecule has 0 atom stereocenters. The summed E-state index contributed by atoms with van der Waals surface area (Å²) in [6.07, 6.45) is 3.60. The minimum absolute atomic E-state index is 0.656. The van der Waals surface area contributed by atoms with E-state index in [1.165, 1.54) is 29.9 Å². The fourth-order valence-corrected chi connectivity index (χ4v) is 2.94. The summed E-state index contributed by atoms with van der Waals surface area (Å²) < 4.78 is 4.36. The Bertz CT molecular complexity index is 446. The first-order chi connectivity index (χ1) is 7.92. The number of nitrogens with one attached hydrogen (secondary N) is 1. The Morgan fingerprint density at radius 1 is 1.44 bits per heavy atom. The van der Waals surface area contributed by atoms with Gasteiger partial charge in [-0.25, -0.2) is 4.98 Å². The number of rotatable bonds is 5. The molecule has 0 aromatic carbocycles. The maximum Gasteiger partial charge on any atom is 0.202 e. The molecule has 0 spiro atoms. The van der Waals surface area contributed by atoms with Gasteiger partial charge in [-0.15, -0.1) is 0 Å². The van der Waals surface area contributed by atoms with Crippen molar-refractivity contribution in [1.29, 1.82) is 0 Å². The largest absolute Gasteiger partial charge is 0.360 e. The van der Waals surface area contributed by atoms with Crippen LogP contribution in [0.5, 0.6) is 0 Å². The molecule has 2 aromatic rings. The number of hydrogen-bond acceptors (Lipinski definition) is 5. The zero-order valence-corrected chi connectivity index (χ0v) is 10.5. The van der Waals surface area contributed by atoms with Gasteiger partial charge in [0.05, 0.1) is 0 Å². The summed E-state index contributed by atoms with van der Waals surface area (Å²) in [5.74, 6) is 1.70. The molecule has 0 bridgehead atoms. The average Bonchev–Trinajstić information content (AvgIpc) is 2.83. The van der Waals surface area contributed by atoms with E-state index in [9.17, 15) is 0 Å². The topological polar surface area (TPSA) is 37.8 Å². The normalized spacial score (nSPS) is 15.2. The van der Waals surface area contributed by atoms with Crippen LogP contribution in [0.3, 0.4) is 0 Å². The van der Waals surface area contributed by atoms with Gasteiger partial charge < -0.3 is 5.32 Å². The van der Waals surface area contributed by atoms with Crippen molar-refractivity contribution in [2.75, 3.05) is 11.9 Å². The molecule has 0 amide bonds. The summed E-state index contributed by atoms with van der Waals surface area (Å²) >= 11 is 3.23.